The molecule has 4 aromatic carbocycles. The summed E-state index contributed by atoms with van der Waals surface area (Å²) in [6.45, 7) is 0. The summed E-state index contributed by atoms with van der Waals surface area (Å²) < 4.78 is 86.2. The number of para-hydroxylation sites is 1. The van der Waals surface area contributed by atoms with Crippen molar-refractivity contribution in [1.29, 1.82) is 0 Å². The third-order valence-electron chi connectivity index (χ3n) is 5.75. The number of carboxylic acids is 1. The highest BCUT2D eigenvalue weighted by atomic mass is 32.2. The van der Waals surface area contributed by atoms with Crippen LogP contribution in [0.2, 0.25) is 0 Å². The van der Waals surface area contributed by atoms with E-state index in [1.165, 1.54) is 9.79 Å². The van der Waals surface area contributed by atoms with Crippen molar-refractivity contribution in [2.75, 3.05) is 0 Å². The van der Waals surface area contributed by atoms with Gasteiger partial charge in [-0.15, -0.1) is 0 Å². The van der Waals surface area contributed by atoms with Gasteiger partial charge in [0.2, 0.25) is 5.43 Å². The second kappa shape index (κ2) is 11.3. The summed E-state index contributed by atoms with van der Waals surface area (Å²) in [6.07, 6.45) is -6.64. The van der Waals surface area contributed by atoms with E-state index >= 15 is 0 Å². The minimum Gasteiger partial charge on any atom is -0.544 e. The lowest BCUT2D eigenvalue weighted by Crippen LogP contribution is -2.60. The fourth-order valence-electron chi connectivity index (χ4n) is 3.74. The van der Waals surface area contributed by atoms with E-state index in [1.54, 1.807) is 0 Å². The summed E-state index contributed by atoms with van der Waals surface area (Å²) in [5.41, 5.74) is 1.26. The molecule has 12 heteroatoms. The molecule has 0 amide bonds. The van der Waals surface area contributed by atoms with Gasteiger partial charge in [-0.2, -0.15) is 30.7 Å². The summed E-state index contributed by atoms with van der Waals surface area (Å²) in [7, 11) is -0.293. The number of alkyl halides is 7. The van der Waals surface area contributed by atoms with Gasteiger partial charge < -0.3 is 14.3 Å². The number of halogens is 7. The first-order chi connectivity index (χ1) is 19.3. The minimum absolute atomic E-state index is 0.0170. The minimum atomic E-state index is -6.64. The third kappa shape index (κ3) is 5.78. The van der Waals surface area contributed by atoms with Gasteiger partial charge in [-0.3, -0.25) is 4.79 Å². The van der Waals surface area contributed by atoms with Crippen molar-refractivity contribution in [3.8, 4) is 0 Å². The predicted octanol–water partition coefficient (Wildman–Crippen LogP) is 6.61. The number of carbonyl (C=O) groups is 1. The summed E-state index contributed by atoms with van der Waals surface area (Å²) >= 11 is 0. The fourth-order valence-corrected chi connectivity index (χ4v) is 5.85. The van der Waals surface area contributed by atoms with E-state index < -0.39 is 24.0 Å². The van der Waals surface area contributed by atoms with Crippen LogP contribution in [0.15, 0.2) is 127 Å². The molecule has 1 aromatic heterocycles. The molecule has 0 unspecified atom stereocenters. The van der Waals surface area contributed by atoms with E-state index in [1.807, 2.05) is 48.5 Å². The van der Waals surface area contributed by atoms with Crippen LogP contribution in [0.25, 0.3) is 21.9 Å². The Hall–Kier alpha value is -4.32. The maximum Gasteiger partial charge on any atom is 0.460 e. The summed E-state index contributed by atoms with van der Waals surface area (Å²) in [4.78, 5) is 25.9. The van der Waals surface area contributed by atoms with Gasteiger partial charge in [0.1, 0.15) is 17.1 Å². The molecular weight excluding hydrogens is 577 g/mol. The molecule has 0 aliphatic carbocycles. The van der Waals surface area contributed by atoms with E-state index in [2.05, 4.69) is 54.6 Å². The Balaban J connectivity index is 0.000000254. The predicted molar refractivity (Wildman–Crippen MR) is 136 cm³/mol. The average molecular weight is 595 g/mol. The molecule has 0 atom stereocenters. The molecule has 0 fully saturated rings. The second-order valence-corrected chi connectivity index (χ2v) is 10.5. The zero-order chi connectivity index (χ0) is 30.0. The molecule has 41 heavy (non-hydrogen) atoms. The normalized spacial score (nSPS) is 12.3. The number of carbonyl (C=O) groups excluding carboxylic acids is 1. The second-order valence-electron chi connectivity index (χ2n) is 8.45. The molecular formula is C29H17F7O4S. The van der Waals surface area contributed by atoms with Crippen LogP contribution in [0, 0.1) is 0 Å². The highest BCUT2D eigenvalue weighted by Gasteiger charge is 2.73. The van der Waals surface area contributed by atoms with Crippen molar-refractivity contribution in [3.05, 3.63) is 113 Å². The molecule has 0 bridgehead atoms. The molecule has 1 heterocycles. The van der Waals surface area contributed by atoms with Crippen LogP contribution in [0.3, 0.4) is 0 Å². The van der Waals surface area contributed by atoms with E-state index in [-0.39, 0.29) is 16.3 Å². The number of carboxylic acid groups (broad SMARTS) is 1. The van der Waals surface area contributed by atoms with Gasteiger partial charge in [-0.1, -0.05) is 48.5 Å². The highest BCUT2D eigenvalue weighted by molar-refractivity contribution is 7.97. The molecule has 0 N–H and O–H groups in total. The molecule has 0 spiro atoms. The molecule has 4 nitrogen and oxygen atoms in total. The van der Waals surface area contributed by atoms with Crippen LogP contribution < -0.4 is 10.5 Å². The number of rotatable bonds is 5. The molecule has 0 aliphatic rings. The van der Waals surface area contributed by atoms with Crippen LogP contribution >= 0.6 is 0 Å². The van der Waals surface area contributed by atoms with Crippen LogP contribution in [-0.4, -0.2) is 24.0 Å². The quantitative estimate of drug-likeness (QED) is 0.131. The van der Waals surface area contributed by atoms with Crippen molar-refractivity contribution in [1.82, 2.24) is 0 Å². The average Bonchev–Trinajstić information content (AvgIpc) is 2.94. The summed E-state index contributed by atoms with van der Waals surface area (Å²) in [5.74, 6) is -16.7. The van der Waals surface area contributed by atoms with Gasteiger partial charge in [0, 0.05) is 6.07 Å². The van der Waals surface area contributed by atoms with Gasteiger partial charge >= 0.3 is 18.0 Å². The molecule has 212 valence electrons. The van der Waals surface area contributed by atoms with Crippen molar-refractivity contribution in [2.24, 2.45) is 0 Å². The Morgan fingerprint density at radius 3 is 1.61 bits per heavy atom. The molecule has 0 radical (unpaired) electrons. The van der Waals surface area contributed by atoms with Crippen LogP contribution in [0.5, 0.6) is 0 Å². The Morgan fingerprint density at radius 2 is 1.12 bits per heavy atom. The molecule has 5 aromatic rings. The summed E-state index contributed by atoms with van der Waals surface area (Å²) in [5, 5.41) is 10.5. The Kier molecular flexibility index (Phi) is 8.16. The zero-order valence-electron chi connectivity index (χ0n) is 20.5. The van der Waals surface area contributed by atoms with Gasteiger partial charge in [-0.05, 0) is 48.5 Å². The maximum atomic E-state index is 13.1. The van der Waals surface area contributed by atoms with Crippen molar-refractivity contribution in [3.63, 3.8) is 0 Å². The van der Waals surface area contributed by atoms with Gasteiger partial charge in [0.25, 0.3) is 0 Å². The van der Waals surface area contributed by atoms with Gasteiger partial charge in [0.15, 0.2) is 14.7 Å². The zero-order valence-corrected chi connectivity index (χ0v) is 21.3. The van der Waals surface area contributed by atoms with Crippen LogP contribution in [-0.2, 0) is 15.7 Å². The van der Waals surface area contributed by atoms with Gasteiger partial charge in [0.05, 0.1) is 21.7 Å². The molecule has 0 saturated heterocycles. The number of benzene rings is 4. The number of aliphatic carboxylic acids is 1. The summed E-state index contributed by atoms with van der Waals surface area (Å²) in [6, 6.07) is 34.2. The Morgan fingerprint density at radius 1 is 0.634 bits per heavy atom. The number of hydrogen-bond donors (Lipinski definition) is 0. The van der Waals surface area contributed by atoms with E-state index in [9.17, 15) is 45.4 Å². The number of fused-ring (bicyclic) bond motifs is 2. The first-order valence-electron chi connectivity index (χ1n) is 11.6. The van der Waals surface area contributed by atoms with E-state index in [0.29, 0.717) is 21.9 Å². The smallest absolute Gasteiger partial charge is 0.460 e. The lowest BCUT2D eigenvalue weighted by Gasteiger charge is -2.28. The van der Waals surface area contributed by atoms with Crippen molar-refractivity contribution >= 4 is 38.8 Å². The first-order valence-corrected chi connectivity index (χ1v) is 12.8. The SMILES string of the molecule is O=C([O-])C(F)(F)C(F)(F)C(F)(F)F.O=c1c2ccccc2oc2ccc([S+](c3ccccc3)c3ccccc3)cc12. The first kappa shape index (κ1) is 29.7. The van der Waals surface area contributed by atoms with Gasteiger partial charge in [-0.25, -0.2) is 0 Å². The van der Waals surface area contributed by atoms with Crippen molar-refractivity contribution < 1.29 is 45.1 Å². The molecule has 0 saturated carbocycles. The Labute approximate surface area is 230 Å². The van der Waals surface area contributed by atoms with Crippen LogP contribution in [0.4, 0.5) is 30.7 Å². The largest absolute Gasteiger partial charge is 0.544 e. The topological polar surface area (TPSA) is 70.3 Å². The van der Waals surface area contributed by atoms with E-state index in [0.717, 1.165) is 4.90 Å². The standard InChI is InChI=1S/C25H17O2S.C4HF7O2/c26-25-21-13-7-8-14-23(21)27-24-16-15-20(17-22(24)25)28(18-9-3-1-4-10-18)19-11-5-2-6-12-19;5-2(6,1(12)13)3(7,8)4(9,10)11/h1-17H;(H,12,13)/q+1;/p-1. The fraction of sp³-hybridized carbons (Fsp3) is 0.103. The highest BCUT2D eigenvalue weighted by Crippen LogP contribution is 2.46. The molecule has 5 rings (SSSR count). The lowest BCUT2D eigenvalue weighted by atomic mass is 10.1. The lowest BCUT2D eigenvalue weighted by molar-refractivity contribution is -0.387. The monoisotopic (exact) mass is 594 g/mol. The number of hydrogen-bond acceptors (Lipinski definition) is 4. The maximum absolute atomic E-state index is 13.1. The molecule has 0 aliphatic heterocycles. The van der Waals surface area contributed by atoms with E-state index in [4.69, 9.17) is 4.42 Å². The van der Waals surface area contributed by atoms with Crippen LogP contribution in [0.1, 0.15) is 0 Å². The Bertz CT molecular complexity index is 1700. The third-order valence-corrected chi connectivity index (χ3v) is 7.96. The van der Waals surface area contributed by atoms with Crippen molar-refractivity contribution in [2.45, 2.75) is 32.7 Å².